The number of nitro benzene ring substituents is 2. The van der Waals surface area contributed by atoms with Crippen LogP contribution in [0.25, 0.3) is 0 Å². The summed E-state index contributed by atoms with van der Waals surface area (Å²) in [4.78, 5) is 45.3. The fourth-order valence-corrected chi connectivity index (χ4v) is 2.50. The van der Waals surface area contributed by atoms with Gasteiger partial charge in [0, 0.05) is 12.1 Å². The lowest BCUT2D eigenvalue weighted by molar-refractivity contribution is -0.385. The van der Waals surface area contributed by atoms with Gasteiger partial charge in [-0.3, -0.25) is 29.8 Å². The van der Waals surface area contributed by atoms with Gasteiger partial charge in [0.25, 0.3) is 23.2 Å². The van der Waals surface area contributed by atoms with E-state index in [9.17, 15) is 29.8 Å². The third-order valence-corrected chi connectivity index (χ3v) is 4.06. The van der Waals surface area contributed by atoms with Crippen molar-refractivity contribution in [1.29, 1.82) is 0 Å². The standard InChI is InChI=1S/C19H18N6O6/c1-2-15(18(26)22-20-11-13-7-3-5-9-16(13)24(28)29)19(27)23-21-12-14-8-4-6-10-17(14)25(30)31/h3-12,15H,2H2,1H3,(H,22,26)(H,23,27)/b20-11+,21-12+. The van der Waals surface area contributed by atoms with E-state index in [4.69, 9.17) is 0 Å². The molecule has 0 radical (unpaired) electrons. The number of hydrogen-bond donors (Lipinski definition) is 2. The van der Waals surface area contributed by atoms with Gasteiger partial charge in [0.15, 0.2) is 0 Å². The Morgan fingerprint density at radius 3 is 1.61 bits per heavy atom. The van der Waals surface area contributed by atoms with E-state index < -0.39 is 27.6 Å². The number of amides is 2. The molecule has 0 fully saturated rings. The lowest BCUT2D eigenvalue weighted by atomic mass is 10.1. The Morgan fingerprint density at radius 2 is 1.26 bits per heavy atom. The monoisotopic (exact) mass is 426 g/mol. The van der Waals surface area contributed by atoms with Gasteiger partial charge in [0.05, 0.1) is 33.4 Å². The predicted octanol–water partition coefficient (Wildman–Crippen LogP) is 2.13. The zero-order valence-electron chi connectivity index (χ0n) is 16.3. The van der Waals surface area contributed by atoms with Gasteiger partial charge >= 0.3 is 0 Å². The first-order chi connectivity index (χ1) is 14.8. The highest BCUT2D eigenvalue weighted by molar-refractivity contribution is 6.01. The molecule has 2 aromatic rings. The van der Waals surface area contributed by atoms with Crippen LogP contribution in [-0.4, -0.2) is 34.1 Å². The van der Waals surface area contributed by atoms with E-state index in [1.165, 1.54) is 36.4 Å². The molecule has 2 rings (SSSR count). The van der Waals surface area contributed by atoms with Crippen LogP contribution in [0.2, 0.25) is 0 Å². The molecule has 160 valence electrons. The van der Waals surface area contributed by atoms with E-state index in [-0.39, 0.29) is 28.9 Å². The van der Waals surface area contributed by atoms with Crippen molar-refractivity contribution < 1.29 is 19.4 Å². The summed E-state index contributed by atoms with van der Waals surface area (Å²) < 4.78 is 0. The lowest BCUT2D eigenvalue weighted by Crippen LogP contribution is -2.37. The summed E-state index contributed by atoms with van der Waals surface area (Å²) in [5, 5.41) is 29.3. The maximum atomic E-state index is 12.2. The van der Waals surface area contributed by atoms with Crippen molar-refractivity contribution in [2.45, 2.75) is 13.3 Å². The molecule has 2 N–H and O–H groups in total. The number of nitrogens with one attached hydrogen (secondary N) is 2. The molecule has 0 unspecified atom stereocenters. The highest BCUT2D eigenvalue weighted by Gasteiger charge is 2.24. The van der Waals surface area contributed by atoms with Crippen molar-refractivity contribution in [2.75, 3.05) is 0 Å². The minimum Gasteiger partial charge on any atom is -0.272 e. The van der Waals surface area contributed by atoms with Crippen LogP contribution >= 0.6 is 0 Å². The quantitative estimate of drug-likeness (QED) is 0.269. The zero-order chi connectivity index (χ0) is 22.8. The number of benzene rings is 2. The van der Waals surface area contributed by atoms with Gasteiger partial charge in [0.2, 0.25) is 0 Å². The number of hydrazone groups is 2. The Bertz CT molecular complexity index is 970. The molecule has 0 spiro atoms. The zero-order valence-corrected chi connectivity index (χ0v) is 16.3. The van der Waals surface area contributed by atoms with Gasteiger partial charge in [-0.15, -0.1) is 0 Å². The number of carbonyl (C=O) groups is 2. The summed E-state index contributed by atoms with van der Waals surface area (Å²) in [6.07, 6.45) is 2.33. The van der Waals surface area contributed by atoms with E-state index in [0.29, 0.717) is 0 Å². The number of para-hydroxylation sites is 2. The minimum atomic E-state index is -1.15. The van der Waals surface area contributed by atoms with E-state index in [1.807, 2.05) is 0 Å². The average molecular weight is 426 g/mol. The van der Waals surface area contributed by atoms with Crippen LogP contribution in [0.1, 0.15) is 24.5 Å². The Kier molecular flexibility index (Phi) is 8.02. The van der Waals surface area contributed by atoms with E-state index >= 15 is 0 Å². The van der Waals surface area contributed by atoms with Crippen LogP contribution in [0.5, 0.6) is 0 Å². The third-order valence-electron chi connectivity index (χ3n) is 4.06. The second-order valence-corrected chi connectivity index (χ2v) is 6.06. The molecular weight excluding hydrogens is 408 g/mol. The summed E-state index contributed by atoms with van der Waals surface area (Å²) in [5.41, 5.74) is 4.32. The van der Waals surface area contributed by atoms with Crippen LogP contribution in [0.4, 0.5) is 11.4 Å². The van der Waals surface area contributed by atoms with Gasteiger partial charge in [-0.1, -0.05) is 31.2 Å². The van der Waals surface area contributed by atoms with Crippen molar-refractivity contribution in [3.8, 4) is 0 Å². The first-order valence-corrected chi connectivity index (χ1v) is 8.97. The molecule has 12 nitrogen and oxygen atoms in total. The summed E-state index contributed by atoms with van der Waals surface area (Å²) in [6.45, 7) is 1.60. The Morgan fingerprint density at radius 1 is 0.871 bits per heavy atom. The van der Waals surface area contributed by atoms with Crippen molar-refractivity contribution in [1.82, 2.24) is 10.9 Å². The van der Waals surface area contributed by atoms with Crippen molar-refractivity contribution in [3.05, 3.63) is 79.9 Å². The first kappa shape index (κ1) is 22.8. The topological polar surface area (TPSA) is 169 Å². The van der Waals surface area contributed by atoms with Crippen LogP contribution in [-0.2, 0) is 9.59 Å². The van der Waals surface area contributed by atoms with Gasteiger partial charge in [-0.05, 0) is 18.6 Å². The highest BCUT2D eigenvalue weighted by Crippen LogP contribution is 2.16. The van der Waals surface area contributed by atoms with E-state index in [1.54, 1.807) is 19.1 Å². The summed E-state index contributed by atoms with van der Waals surface area (Å²) in [5.74, 6) is -2.63. The SMILES string of the molecule is CCC(C(=O)N/N=C/c1ccccc1[N+](=O)[O-])C(=O)N/N=C/c1ccccc1[N+](=O)[O-]. The maximum Gasteiger partial charge on any atom is 0.278 e. The second kappa shape index (κ2) is 10.9. The second-order valence-electron chi connectivity index (χ2n) is 6.06. The Labute approximate surface area is 176 Å². The predicted molar refractivity (Wildman–Crippen MR) is 111 cm³/mol. The molecule has 0 aromatic heterocycles. The van der Waals surface area contributed by atoms with Crippen LogP contribution in [0.3, 0.4) is 0 Å². The molecular formula is C19H18N6O6. The molecule has 0 heterocycles. The fourth-order valence-electron chi connectivity index (χ4n) is 2.50. The summed E-state index contributed by atoms with van der Waals surface area (Å²) in [7, 11) is 0. The molecule has 12 heteroatoms. The summed E-state index contributed by atoms with van der Waals surface area (Å²) in [6, 6.07) is 11.6. The molecule has 0 aliphatic rings. The average Bonchev–Trinajstić information content (AvgIpc) is 2.74. The molecule has 0 aliphatic heterocycles. The third kappa shape index (κ3) is 6.25. The first-order valence-electron chi connectivity index (χ1n) is 8.97. The number of carbonyl (C=O) groups excluding carboxylic acids is 2. The van der Waals surface area contributed by atoms with E-state index in [0.717, 1.165) is 12.4 Å². The Hall–Kier alpha value is -4.48. The summed E-state index contributed by atoms with van der Waals surface area (Å²) >= 11 is 0. The van der Waals surface area contributed by atoms with Crippen molar-refractivity contribution >= 4 is 35.6 Å². The van der Waals surface area contributed by atoms with Crippen LogP contribution < -0.4 is 10.9 Å². The van der Waals surface area contributed by atoms with Crippen LogP contribution in [0, 0.1) is 26.1 Å². The molecule has 0 saturated heterocycles. The van der Waals surface area contributed by atoms with Gasteiger partial charge in [0.1, 0.15) is 5.92 Å². The molecule has 0 saturated carbocycles. The molecule has 0 bridgehead atoms. The molecule has 2 aromatic carbocycles. The normalized spacial score (nSPS) is 11.0. The van der Waals surface area contributed by atoms with Gasteiger partial charge in [-0.25, -0.2) is 10.9 Å². The number of hydrogen-bond acceptors (Lipinski definition) is 8. The van der Waals surface area contributed by atoms with Gasteiger partial charge < -0.3 is 0 Å². The number of nitrogens with zero attached hydrogens (tertiary/aromatic N) is 4. The van der Waals surface area contributed by atoms with E-state index in [2.05, 4.69) is 21.1 Å². The molecule has 0 atom stereocenters. The smallest absolute Gasteiger partial charge is 0.272 e. The molecule has 31 heavy (non-hydrogen) atoms. The molecule has 0 aliphatic carbocycles. The number of nitro groups is 2. The largest absolute Gasteiger partial charge is 0.278 e. The van der Waals surface area contributed by atoms with Crippen LogP contribution in [0.15, 0.2) is 58.7 Å². The Balaban J connectivity index is 2.00. The van der Waals surface area contributed by atoms with Crippen molar-refractivity contribution in [2.24, 2.45) is 16.1 Å². The number of rotatable bonds is 9. The highest BCUT2D eigenvalue weighted by atomic mass is 16.6. The lowest BCUT2D eigenvalue weighted by Gasteiger charge is -2.10. The minimum absolute atomic E-state index is 0.125. The van der Waals surface area contributed by atoms with Gasteiger partial charge in [-0.2, -0.15) is 10.2 Å². The van der Waals surface area contributed by atoms with Crippen molar-refractivity contribution in [3.63, 3.8) is 0 Å². The fraction of sp³-hybridized carbons (Fsp3) is 0.158. The molecule has 2 amide bonds. The maximum absolute atomic E-state index is 12.2.